The fourth-order valence-electron chi connectivity index (χ4n) is 0.318. The summed E-state index contributed by atoms with van der Waals surface area (Å²) in [6.07, 6.45) is 2.61. The maximum Gasteiger partial charge on any atom is 0.262 e. The Morgan fingerprint density at radius 1 is 1.38 bits per heavy atom. The summed E-state index contributed by atoms with van der Waals surface area (Å²) in [5, 5.41) is 9.98. The standard InChI is InChI=1S/C7H9NO3.C2H6/c1-6(8(9)10)4-5-7(2)11-3;1-2/h4-5H,1-2H2,3H3;1-2H3/b5-4-;. The van der Waals surface area contributed by atoms with Crippen molar-refractivity contribution in [3.05, 3.63) is 46.9 Å². The van der Waals surface area contributed by atoms with Gasteiger partial charge in [0.15, 0.2) is 0 Å². The van der Waals surface area contributed by atoms with E-state index in [1.54, 1.807) is 0 Å². The molecule has 0 aliphatic carbocycles. The number of ether oxygens (including phenoxy) is 1. The Morgan fingerprint density at radius 3 is 2.15 bits per heavy atom. The molecule has 0 atom stereocenters. The van der Waals surface area contributed by atoms with E-state index in [1.165, 1.54) is 19.3 Å². The van der Waals surface area contributed by atoms with Crippen LogP contribution in [0.4, 0.5) is 0 Å². The third kappa shape index (κ3) is 8.33. The smallest absolute Gasteiger partial charge is 0.262 e. The number of methoxy groups -OCH3 is 1. The summed E-state index contributed by atoms with van der Waals surface area (Å²) in [4.78, 5) is 9.40. The second-order valence-electron chi connectivity index (χ2n) is 1.75. The normalized spacial score (nSPS) is 8.54. The van der Waals surface area contributed by atoms with Crippen LogP contribution >= 0.6 is 0 Å². The second-order valence-corrected chi connectivity index (χ2v) is 1.75. The molecule has 0 amide bonds. The van der Waals surface area contributed by atoms with Gasteiger partial charge in [0.25, 0.3) is 5.70 Å². The first kappa shape index (κ1) is 14.0. The van der Waals surface area contributed by atoms with Crippen molar-refractivity contribution in [1.29, 1.82) is 0 Å². The lowest BCUT2D eigenvalue weighted by Gasteiger charge is -1.93. The topological polar surface area (TPSA) is 52.4 Å². The SMILES string of the molecule is C=C(/C=C\C(=C)[N+](=O)[O-])OC.CC. The predicted octanol–water partition coefficient (Wildman–Crippen LogP) is 2.52. The number of nitrogens with zero attached hydrogens (tertiary/aromatic N) is 1. The zero-order chi connectivity index (χ0) is 10.9. The van der Waals surface area contributed by atoms with E-state index in [1.807, 2.05) is 13.8 Å². The predicted molar refractivity (Wildman–Crippen MR) is 52.8 cm³/mol. The lowest BCUT2D eigenvalue weighted by atomic mass is 10.4. The summed E-state index contributed by atoms with van der Waals surface area (Å²) in [5.41, 5.74) is -0.191. The molecule has 0 radical (unpaired) electrons. The van der Waals surface area contributed by atoms with Gasteiger partial charge in [-0.3, -0.25) is 10.1 Å². The first-order valence-electron chi connectivity index (χ1n) is 3.82. The highest BCUT2D eigenvalue weighted by atomic mass is 16.6. The average molecular weight is 185 g/mol. The van der Waals surface area contributed by atoms with Crippen LogP contribution in [0.15, 0.2) is 36.8 Å². The highest BCUT2D eigenvalue weighted by Crippen LogP contribution is 1.98. The molecule has 0 heterocycles. The summed E-state index contributed by atoms with van der Waals surface area (Å²) in [7, 11) is 1.43. The van der Waals surface area contributed by atoms with Crippen LogP contribution in [-0.4, -0.2) is 12.0 Å². The van der Waals surface area contributed by atoms with Gasteiger partial charge in [-0.15, -0.1) is 0 Å². The van der Waals surface area contributed by atoms with Gasteiger partial charge in [-0.2, -0.15) is 0 Å². The molecule has 0 N–H and O–H groups in total. The van der Waals surface area contributed by atoms with Crippen molar-refractivity contribution in [3.8, 4) is 0 Å². The van der Waals surface area contributed by atoms with Crippen molar-refractivity contribution in [2.75, 3.05) is 7.11 Å². The van der Waals surface area contributed by atoms with Gasteiger partial charge in [0.1, 0.15) is 5.76 Å². The van der Waals surface area contributed by atoms with E-state index in [4.69, 9.17) is 0 Å². The summed E-state index contributed by atoms with van der Waals surface area (Å²) in [5.74, 6) is 0.355. The third-order valence-electron chi connectivity index (χ3n) is 0.958. The molecule has 0 saturated heterocycles. The van der Waals surface area contributed by atoms with Crippen LogP contribution in [0.1, 0.15) is 13.8 Å². The van der Waals surface area contributed by atoms with Gasteiger partial charge in [0.05, 0.1) is 12.0 Å². The van der Waals surface area contributed by atoms with Gasteiger partial charge < -0.3 is 4.74 Å². The van der Waals surface area contributed by atoms with Gasteiger partial charge in [-0.25, -0.2) is 0 Å². The largest absolute Gasteiger partial charge is 0.497 e. The average Bonchev–Trinajstić information content (AvgIpc) is 2.16. The number of rotatable bonds is 4. The minimum atomic E-state index is -0.584. The minimum Gasteiger partial charge on any atom is -0.497 e. The number of hydrogen-bond donors (Lipinski definition) is 0. The number of nitro groups is 1. The molecule has 0 aliphatic rings. The Bertz CT molecular complexity index is 219. The van der Waals surface area contributed by atoms with Crippen molar-refractivity contribution in [3.63, 3.8) is 0 Å². The van der Waals surface area contributed by atoms with Crippen molar-refractivity contribution in [2.24, 2.45) is 0 Å². The van der Waals surface area contributed by atoms with Crippen molar-refractivity contribution in [1.82, 2.24) is 0 Å². The van der Waals surface area contributed by atoms with Crippen molar-refractivity contribution >= 4 is 0 Å². The van der Waals surface area contributed by atoms with E-state index < -0.39 is 4.92 Å². The zero-order valence-electron chi connectivity index (χ0n) is 8.24. The highest BCUT2D eigenvalue weighted by molar-refractivity contribution is 5.16. The van der Waals surface area contributed by atoms with Gasteiger partial charge in [-0.05, 0) is 12.7 Å². The Labute approximate surface area is 78.4 Å². The van der Waals surface area contributed by atoms with Crippen molar-refractivity contribution < 1.29 is 9.66 Å². The monoisotopic (exact) mass is 185 g/mol. The Morgan fingerprint density at radius 2 is 1.85 bits per heavy atom. The van der Waals surface area contributed by atoms with Crippen LogP contribution in [0.25, 0.3) is 0 Å². The first-order chi connectivity index (χ1) is 6.07. The summed E-state index contributed by atoms with van der Waals surface area (Å²) < 4.78 is 4.64. The zero-order valence-corrected chi connectivity index (χ0v) is 8.24. The molecule has 0 saturated carbocycles. The lowest BCUT2D eigenvalue weighted by Crippen LogP contribution is -1.92. The molecule has 13 heavy (non-hydrogen) atoms. The van der Waals surface area contributed by atoms with Crippen LogP contribution in [0.5, 0.6) is 0 Å². The Kier molecular flexibility index (Phi) is 9.15. The molecule has 0 rings (SSSR count). The first-order valence-corrected chi connectivity index (χ1v) is 3.82. The molecule has 0 aromatic carbocycles. The van der Waals surface area contributed by atoms with Crippen LogP contribution in [-0.2, 0) is 4.74 Å². The number of allylic oxidation sites excluding steroid dienone is 2. The highest BCUT2D eigenvalue weighted by Gasteiger charge is 1.98. The molecule has 0 fully saturated rings. The summed E-state index contributed by atoms with van der Waals surface area (Å²) >= 11 is 0. The quantitative estimate of drug-likeness (QED) is 0.292. The fraction of sp³-hybridized carbons (Fsp3) is 0.333. The molecule has 4 nitrogen and oxygen atoms in total. The van der Waals surface area contributed by atoms with Crippen LogP contribution in [0.2, 0.25) is 0 Å². The van der Waals surface area contributed by atoms with Gasteiger partial charge in [0.2, 0.25) is 0 Å². The van der Waals surface area contributed by atoms with Crippen LogP contribution < -0.4 is 0 Å². The second kappa shape index (κ2) is 8.52. The molecule has 0 aromatic rings. The minimum absolute atomic E-state index is 0.191. The van der Waals surface area contributed by atoms with Crippen LogP contribution in [0.3, 0.4) is 0 Å². The lowest BCUT2D eigenvalue weighted by molar-refractivity contribution is -0.418. The molecule has 0 bridgehead atoms. The fourth-order valence-corrected chi connectivity index (χ4v) is 0.318. The van der Waals surface area contributed by atoms with Gasteiger partial charge in [0, 0.05) is 6.08 Å². The summed E-state index contributed by atoms with van der Waals surface area (Å²) in [6.45, 7) is 10.6. The van der Waals surface area contributed by atoms with E-state index in [2.05, 4.69) is 17.9 Å². The Balaban J connectivity index is 0. The molecule has 0 unspecified atom stereocenters. The third-order valence-corrected chi connectivity index (χ3v) is 0.958. The maximum absolute atomic E-state index is 9.98. The Hall–Kier alpha value is -1.58. The van der Waals surface area contributed by atoms with Gasteiger partial charge >= 0.3 is 0 Å². The molecule has 0 aliphatic heterocycles. The number of hydrogen-bond acceptors (Lipinski definition) is 3. The van der Waals surface area contributed by atoms with E-state index in [-0.39, 0.29) is 5.70 Å². The molecule has 74 valence electrons. The molecule has 4 heteroatoms. The molecular formula is C9H15NO3. The van der Waals surface area contributed by atoms with Crippen LogP contribution in [0, 0.1) is 10.1 Å². The molecule has 0 aromatic heterocycles. The van der Waals surface area contributed by atoms with Gasteiger partial charge in [-0.1, -0.05) is 20.4 Å². The van der Waals surface area contributed by atoms with Crippen molar-refractivity contribution in [2.45, 2.75) is 13.8 Å². The summed E-state index contributed by atoms with van der Waals surface area (Å²) in [6, 6.07) is 0. The molecule has 0 spiro atoms. The van der Waals surface area contributed by atoms with E-state index in [0.717, 1.165) is 0 Å². The van der Waals surface area contributed by atoms with E-state index >= 15 is 0 Å². The maximum atomic E-state index is 9.98. The van der Waals surface area contributed by atoms with E-state index in [9.17, 15) is 10.1 Å². The van der Waals surface area contributed by atoms with E-state index in [0.29, 0.717) is 5.76 Å². The molecular weight excluding hydrogens is 170 g/mol.